The lowest BCUT2D eigenvalue weighted by molar-refractivity contribution is 0.298. The van der Waals surface area contributed by atoms with Gasteiger partial charge in [0.05, 0.1) is 12.2 Å². The minimum atomic E-state index is 0.0924. The predicted molar refractivity (Wildman–Crippen MR) is 107 cm³/mol. The van der Waals surface area contributed by atoms with Gasteiger partial charge >= 0.3 is 0 Å². The number of rotatable bonds is 6. The first-order chi connectivity index (χ1) is 12.8. The van der Waals surface area contributed by atoms with Crippen LogP contribution in [0, 0.1) is 0 Å². The molecule has 0 bridgehead atoms. The Morgan fingerprint density at radius 3 is 2.62 bits per heavy atom. The number of pyridine rings is 2. The molecule has 0 saturated carbocycles. The van der Waals surface area contributed by atoms with E-state index in [0.717, 1.165) is 27.3 Å². The van der Waals surface area contributed by atoms with Crippen molar-refractivity contribution in [2.24, 2.45) is 0 Å². The first-order valence-corrected chi connectivity index (χ1v) is 9.44. The van der Waals surface area contributed by atoms with Crippen molar-refractivity contribution >= 4 is 27.2 Å². The van der Waals surface area contributed by atoms with Crippen LogP contribution in [-0.2, 0) is 13.0 Å². The monoisotopic (exact) mass is 361 g/mol. The zero-order valence-electron chi connectivity index (χ0n) is 14.2. The smallest absolute Gasteiger partial charge is 0.126 e. The van der Waals surface area contributed by atoms with Crippen LogP contribution in [-0.4, -0.2) is 21.7 Å². The highest BCUT2D eigenvalue weighted by molar-refractivity contribution is 7.17. The maximum atomic E-state index is 9.31. The molecule has 0 saturated heterocycles. The maximum Gasteiger partial charge on any atom is 0.126 e. The lowest BCUT2D eigenvalue weighted by atomic mass is 10.0. The van der Waals surface area contributed by atoms with Crippen molar-refractivity contribution in [3.63, 3.8) is 0 Å². The molecule has 4 rings (SSSR count). The Labute approximate surface area is 156 Å². The van der Waals surface area contributed by atoms with Crippen LogP contribution in [0.15, 0.2) is 66.2 Å². The highest BCUT2D eigenvalue weighted by atomic mass is 32.1. The van der Waals surface area contributed by atoms with Crippen LogP contribution in [0.2, 0.25) is 0 Å². The van der Waals surface area contributed by atoms with Crippen LogP contribution in [0.1, 0.15) is 11.4 Å². The number of aliphatic hydroxyl groups is 1. The van der Waals surface area contributed by atoms with Crippen molar-refractivity contribution in [2.45, 2.75) is 13.0 Å². The van der Waals surface area contributed by atoms with Gasteiger partial charge in [-0.1, -0.05) is 36.4 Å². The number of aromatic nitrogens is 2. The summed E-state index contributed by atoms with van der Waals surface area (Å²) in [4.78, 5) is 10.1. The Morgan fingerprint density at radius 2 is 1.85 bits per heavy atom. The molecule has 0 unspecified atom stereocenters. The molecule has 0 amide bonds. The lowest BCUT2D eigenvalue weighted by Gasteiger charge is -2.11. The third kappa shape index (κ3) is 3.45. The van der Waals surface area contributed by atoms with Crippen LogP contribution in [0.3, 0.4) is 0 Å². The molecule has 3 aromatic heterocycles. The van der Waals surface area contributed by atoms with Gasteiger partial charge in [-0.2, -0.15) is 0 Å². The molecule has 0 spiro atoms. The number of thiophene rings is 1. The second kappa shape index (κ2) is 7.64. The number of aliphatic hydroxyl groups excluding tert-OH is 1. The van der Waals surface area contributed by atoms with Crippen LogP contribution in [0.5, 0.6) is 0 Å². The minimum Gasteiger partial charge on any atom is -0.396 e. The molecule has 0 fully saturated rings. The first-order valence-electron chi connectivity index (χ1n) is 8.56. The molecule has 0 aliphatic rings. The minimum absolute atomic E-state index is 0.0924. The van der Waals surface area contributed by atoms with Crippen molar-refractivity contribution in [1.82, 2.24) is 9.97 Å². The summed E-state index contributed by atoms with van der Waals surface area (Å²) >= 11 is 1.64. The Kier molecular flexibility index (Phi) is 4.91. The fourth-order valence-electron chi connectivity index (χ4n) is 2.99. The largest absolute Gasteiger partial charge is 0.396 e. The average Bonchev–Trinajstić information content (AvgIpc) is 3.12. The van der Waals surface area contributed by atoms with Crippen LogP contribution in [0.25, 0.3) is 21.3 Å². The van der Waals surface area contributed by atoms with Gasteiger partial charge in [-0.3, -0.25) is 4.98 Å². The van der Waals surface area contributed by atoms with E-state index >= 15 is 0 Å². The van der Waals surface area contributed by atoms with Crippen molar-refractivity contribution in [3.05, 3.63) is 77.6 Å². The quantitative estimate of drug-likeness (QED) is 0.531. The highest BCUT2D eigenvalue weighted by Crippen LogP contribution is 2.38. The van der Waals surface area contributed by atoms with Crippen LogP contribution in [0.4, 0.5) is 5.69 Å². The molecule has 2 N–H and O–H groups in total. The van der Waals surface area contributed by atoms with Gasteiger partial charge in [0.15, 0.2) is 0 Å². The first kappa shape index (κ1) is 16.7. The zero-order chi connectivity index (χ0) is 17.8. The molecule has 26 heavy (non-hydrogen) atoms. The summed E-state index contributed by atoms with van der Waals surface area (Å²) in [6, 6.07) is 18.3. The molecule has 3 heterocycles. The average molecular weight is 361 g/mol. The normalized spacial score (nSPS) is 11.0. The number of nitrogens with one attached hydrogen (secondary N) is 1. The number of benzene rings is 1. The van der Waals surface area contributed by atoms with Gasteiger partial charge in [0.1, 0.15) is 4.83 Å². The molecular formula is C21H19N3OS. The molecule has 1 aromatic carbocycles. The number of anilines is 1. The molecule has 0 aliphatic heterocycles. The third-order valence-electron chi connectivity index (χ3n) is 4.24. The van der Waals surface area contributed by atoms with E-state index in [1.165, 1.54) is 11.1 Å². The summed E-state index contributed by atoms with van der Waals surface area (Å²) in [7, 11) is 0. The van der Waals surface area contributed by atoms with Crippen molar-refractivity contribution in [3.8, 4) is 11.1 Å². The van der Waals surface area contributed by atoms with Crippen molar-refractivity contribution in [1.29, 1.82) is 0 Å². The summed E-state index contributed by atoms with van der Waals surface area (Å²) in [5.74, 6) is 0. The van der Waals surface area contributed by atoms with Gasteiger partial charge in [0, 0.05) is 46.9 Å². The van der Waals surface area contributed by atoms with E-state index in [-0.39, 0.29) is 6.61 Å². The van der Waals surface area contributed by atoms with Gasteiger partial charge in [-0.05, 0) is 23.8 Å². The van der Waals surface area contributed by atoms with Gasteiger partial charge < -0.3 is 10.4 Å². The number of hydrogen-bond acceptors (Lipinski definition) is 5. The molecular weight excluding hydrogens is 342 g/mol. The molecule has 0 radical (unpaired) electrons. The topological polar surface area (TPSA) is 58.0 Å². The van der Waals surface area contributed by atoms with Crippen LogP contribution >= 0.6 is 11.3 Å². The van der Waals surface area contributed by atoms with E-state index in [0.29, 0.717) is 13.0 Å². The summed E-state index contributed by atoms with van der Waals surface area (Å²) < 4.78 is 0. The van der Waals surface area contributed by atoms with Gasteiger partial charge in [-0.15, -0.1) is 11.3 Å². The van der Waals surface area contributed by atoms with E-state index < -0.39 is 0 Å². The second-order valence-corrected chi connectivity index (χ2v) is 6.86. The SMILES string of the molecule is OCCc1cc(NCc2ccccn2)c2c(-c3ccccc3)csc2n1. The summed E-state index contributed by atoms with van der Waals surface area (Å²) in [5.41, 5.74) is 5.26. The van der Waals surface area contributed by atoms with Gasteiger partial charge in [-0.25, -0.2) is 4.98 Å². The number of hydrogen-bond donors (Lipinski definition) is 2. The highest BCUT2D eigenvalue weighted by Gasteiger charge is 2.14. The van der Waals surface area contributed by atoms with E-state index in [1.54, 1.807) is 17.5 Å². The van der Waals surface area contributed by atoms with E-state index in [2.05, 4.69) is 27.8 Å². The fraction of sp³-hybridized carbons (Fsp3) is 0.143. The Bertz CT molecular complexity index is 1000. The van der Waals surface area contributed by atoms with Crippen molar-refractivity contribution < 1.29 is 5.11 Å². The predicted octanol–water partition coefficient (Wildman–Crippen LogP) is 4.51. The Hall–Kier alpha value is -2.76. The number of nitrogens with zero attached hydrogens (tertiary/aromatic N) is 2. The van der Waals surface area contributed by atoms with Gasteiger partial charge in [0.2, 0.25) is 0 Å². The van der Waals surface area contributed by atoms with Crippen molar-refractivity contribution in [2.75, 3.05) is 11.9 Å². The summed E-state index contributed by atoms with van der Waals surface area (Å²) in [6.45, 7) is 0.734. The molecule has 0 atom stereocenters. The second-order valence-electron chi connectivity index (χ2n) is 6.00. The van der Waals surface area contributed by atoms with E-state index in [9.17, 15) is 5.11 Å². The van der Waals surface area contributed by atoms with E-state index in [1.807, 2.05) is 42.5 Å². The molecule has 4 aromatic rings. The third-order valence-corrected chi connectivity index (χ3v) is 5.11. The molecule has 5 heteroatoms. The lowest BCUT2D eigenvalue weighted by Crippen LogP contribution is -2.04. The standard InChI is InChI=1S/C21H19N3OS/c25-11-9-16-12-19(23-13-17-8-4-5-10-22-17)20-18(14-26-21(20)24-16)15-6-2-1-3-7-15/h1-8,10,12,14,25H,9,11,13H2,(H,23,24). The maximum absolute atomic E-state index is 9.31. The molecule has 130 valence electrons. The molecule has 4 nitrogen and oxygen atoms in total. The van der Waals surface area contributed by atoms with Crippen LogP contribution < -0.4 is 5.32 Å². The zero-order valence-corrected chi connectivity index (χ0v) is 15.0. The van der Waals surface area contributed by atoms with E-state index in [4.69, 9.17) is 4.98 Å². The number of fused-ring (bicyclic) bond motifs is 1. The molecule has 0 aliphatic carbocycles. The van der Waals surface area contributed by atoms with Gasteiger partial charge in [0.25, 0.3) is 0 Å². The fourth-order valence-corrected chi connectivity index (χ4v) is 3.98. The summed E-state index contributed by atoms with van der Waals surface area (Å²) in [6.07, 6.45) is 2.35. The Balaban J connectivity index is 1.78. The summed E-state index contributed by atoms with van der Waals surface area (Å²) in [5, 5.41) is 16.1. The Morgan fingerprint density at radius 1 is 1.00 bits per heavy atom.